The third-order valence-electron chi connectivity index (χ3n) is 5.55. The van der Waals surface area contributed by atoms with Gasteiger partial charge in [0.15, 0.2) is 0 Å². The van der Waals surface area contributed by atoms with E-state index in [1.54, 1.807) is 11.1 Å². The first-order valence-electron chi connectivity index (χ1n) is 8.18. The van der Waals surface area contributed by atoms with Gasteiger partial charge in [-0.25, -0.2) is 0 Å². The van der Waals surface area contributed by atoms with E-state index in [-0.39, 0.29) is 0 Å². The molecule has 1 heterocycles. The molecule has 2 aromatic rings. The first-order chi connectivity index (χ1) is 10.3. The molecule has 0 N–H and O–H groups in total. The Morgan fingerprint density at radius 1 is 1.00 bits per heavy atom. The van der Waals surface area contributed by atoms with Gasteiger partial charge in [0.05, 0.1) is 0 Å². The van der Waals surface area contributed by atoms with Crippen molar-refractivity contribution in [2.24, 2.45) is 5.92 Å². The van der Waals surface area contributed by atoms with Gasteiger partial charge in [-0.15, -0.1) is 0 Å². The average Bonchev–Trinajstić information content (AvgIpc) is 2.51. The minimum absolute atomic E-state index is 0.707. The van der Waals surface area contributed by atoms with Crippen LogP contribution in [0, 0.1) is 5.92 Å². The van der Waals surface area contributed by atoms with Crippen molar-refractivity contribution in [3.63, 3.8) is 0 Å². The normalized spacial score (nSPS) is 28.1. The Morgan fingerprint density at radius 2 is 1.76 bits per heavy atom. The highest BCUT2D eigenvalue weighted by Crippen LogP contribution is 2.44. The van der Waals surface area contributed by atoms with E-state index in [0.717, 1.165) is 18.4 Å². The van der Waals surface area contributed by atoms with Crippen LogP contribution in [0.3, 0.4) is 0 Å². The van der Waals surface area contributed by atoms with Crippen molar-refractivity contribution >= 4 is 0 Å². The predicted octanol–water partition coefficient (Wildman–Crippen LogP) is 4.24. The summed E-state index contributed by atoms with van der Waals surface area (Å²) in [6.07, 6.45) is 2.53. The monoisotopic (exact) mass is 277 g/mol. The summed E-state index contributed by atoms with van der Waals surface area (Å²) in [5.74, 6) is 1.55. The molecule has 0 radical (unpaired) electrons. The summed E-state index contributed by atoms with van der Waals surface area (Å²) in [6, 6.07) is 20.7. The third kappa shape index (κ3) is 2.30. The number of likely N-dealkylation sites (tertiary alicyclic amines) is 1. The highest BCUT2D eigenvalue weighted by atomic mass is 15.2. The first kappa shape index (κ1) is 13.1. The highest BCUT2D eigenvalue weighted by molar-refractivity contribution is 5.36. The Labute approximate surface area is 127 Å². The zero-order chi connectivity index (χ0) is 14.2. The topological polar surface area (TPSA) is 3.24 Å². The summed E-state index contributed by atoms with van der Waals surface area (Å²) in [7, 11) is 0. The molecular formula is C20H23N. The lowest BCUT2D eigenvalue weighted by Gasteiger charge is -2.48. The summed E-state index contributed by atoms with van der Waals surface area (Å²) in [4.78, 5) is 2.71. The van der Waals surface area contributed by atoms with Crippen LogP contribution in [0.2, 0.25) is 0 Å². The number of fused-ring (bicyclic) bond motifs is 4. The largest absolute Gasteiger partial charge is 0.295 e. The van der Waals surface area contributed by atoms with Crippen LogP contribution in [0.5, 0.6) is 0 Å². The summed E-state index contributed by atoms with van der Waals surface area (Å²) in [5, 5.41) is 0. The lowest BCUT2D eigenvalue weighted by atomic mass is 9.68. The van der Waals surface area contributed by atoms with E-state index < -0.39 is 0 Å². The SMILES string of the molecule is C[C@@H]1[C@@H]2CCN(Cc3ccccc3)[C@@H]1Cc1ccccc12. The van der Waals surface area contributed by atoms with Crippen LogP contribution in [0.15, 0.2) is 54.6 Å². The molecule has 108 valence electrons. The van der Waals surface area contributed by atoms with Crippen molar-refractivity contribution in [2.75, 3.05) is 6.54 Å². The van der Waals surface area contributed by atoms with E-state index in [4.69, 9.17) is 0 Å². The molecule has 0 amide bonds. The van der Waals surface area contributed by atoms with Gasteiger partial charge in [0.2, 0.25) is 0 Å². The van der Waals surface area contributed by atoms with Crippen molar-refractivity contribution in [3.05, 3.63) is 71.3 Å². The van der Waals surface area contributed by atoms with Crippen LogP contribution in [-0.4, -0.2) is 17.5 Å². The number of benzene rings is 2. The summed E-state index contributed by atoms with van der Waals surface area (Å²) < 4.78 is 0. The molecule has 0 aromatic heterocycles. The molecule has 1 fully saturated rings. The quantitative estimate of drug-likeness (QED) is 0.793. The molecule has 0 spiro atoms. The standard InChI is InChI=1S/C20H23N/c1-15-18-11-12-21(14-16-7-3-2-4-8-16)20(15)13-17-9-5-6-10-19(17)18/h2-10,15,18,20H,11-14H2,1H3/t15-,18+,20-/m1/s1. The van der Waals surface area contributed by atoms with Crippen LogP contribution in [0.4, 0.5) is 0 Å². The summed E-state index contributed by atoms with van der Waals surface area (Å²) in [6.45, 7) is 4.80. The molecule has 3 atom stereocenters. The maximum absolute atomic E-state index is 2.71. The van der Waals surface area contributed by atoms with Crippen LogP contribution in [-0.2, 0) is 13.0 Å². The molecule has 2 bridgehead atoms. The van der Waals surface area contributed by atoms with Gasteiger partial charge in [0.25, 0.3) is 0 Å². The molecule has 2 aromatic carbocycles. The fourth-order valence-electron chi connectivity index (χ4n) is 4.41. The Balaban J connectivity index is 1.61. The van der Waals surface area contributed by atoms with Gasteiger partial charge in [-0.2, -0.15) is 0 Å². The lowest BCUT2D eigenvalue weighted by Crippen LogP contribution is -2.50. The van der Waals surface area contributed by atoms with Gasteiger partial charge in [0, 0.05) is 12.6 Å². The van der Waals surface area contributed by atoms with Gasteiger partial charge >= 0.3 is 0 Å². The summed E-state index contributed by atoms with van der Waals surface area (Å²) >= 11 is 0. The van der Waals surface area contributed by atoms with Crippen molar-refractivity contribution < 1.29 is 0 Å². The molecule has 1 saturated heterocycles. The highest BCUT2D eigenvalue weighted by Gasteiger charge is 2.40. The zero-order valence-corrected chi connectivity index (χ0v) is 12.7. The third-order valence-corrected chi connectivity index (χ3v) is 5.55. The van der Waals surface area contributed by atoms with E-state index in [0.29, 0.717) is 6.04 Å². The first-order valence-corrected chi connectivity index (χ1v) is 8.18. The molecule has 1 nitrogen and oxygen atoms in total. The second kappa shape index (κ2) is 5.31. The second-order valence-electron chi connectivity index (χ2n) is 6.68. The summed E-state index contributed by atoms with van der Waals surface area (Å²) in [5.41, 5.74) is 4.66. The minimum Gasteiger partial charge on any atom is -0.295 e. The molecule has 1 heteroatoms. The molecular weight excluding hydrogens is 254 g/mol. The van der Waals surface area contributed by atoms with Gasteiger partial charge in [0.1, 0.15) is 0 Å². The maximum Gasteiger partial charge on any atom is 0.0236 e. The van der Waals surface area contributed by atoms with E-state index in [1.807, 2.05) is 0 Å². The minimum atomic E-state index is 0.707. The van der Waals surface area contributed by atoms with Crippen LogP contribution in [0.1, 0.15) is 36.0 Å². The van der Waals surface area contributed by atoms with Crippen LogP contribution < -0.4 is 0 Å². The number of hydrogen-bond donors (Lipinski definition) is 0. The zero-order valence-electron chi connectivity index (χ0n) is 12.7. The predicted molar refractivity (Wildman–Crippen MR) is 87.3 cm³/mol. The number of nitrogens with zero attached hydrogens (tertiary/aromatic N) is 1. The molecule has 21 heavy (non-hydrogen) atoms. The fourth-order valence-corrected chi connectivity index (χ4v) is 4.41. The molecule has 0 saturated carbocycles. The van der Waals surface area contributed by atoms with Gasteiger partial charge < -0.3 is 0 Å². The molecule has 1 aliphatic carbocycles. The second-order valence-corrected chi connectivity index (χ2v) is 6.68. The van der Waals surface area contributed by atoms with Crippen molar-refractivity contribution in [3.8, 4) is 0 Å². The number of rotatable bonds is 2. The van der Waals surface area contributed by atoms with Gasteiger partial charge in [-0.05, 0) is 47.9 Å². The maximum atomic E-state index is 2.71. The van der Waals surface area contributed by atoms with E-state index in [2.05, 4.69) is 66.4 Å². The van der Waals surface area contributed by atoms with Crippen LogP contribution in [0.25, 0.3) is 0 Å². The fraction of sp³-hybridized carbons (Fsp3) is 0.400. The molecule has 0 unspecified atom stereocenters. The number of hydrogen-bond acceptors (Lipinski definition) is 1. The number of piperidine rings is 1. The van der Waals surface area contributed by atoms with Crippen molar-refractivity contribution in [2.45, 2.75) is 38.3 Å². The van der Waals surface area contributed by atoms with Gasteiger partial charge in [-0.3, -0.25) is 4.90 Å². The van der Waals surface area contributed by atoms with Crippen LogP contribution >= 0.6 is 0 Å². The lowest BCUT2D eigenvalue weighted by molar-refractivity contribution is 0.0673. The van der Waals surface area contributed by atoms with Crippen molar-refractivity contribution in [1.29, 1.82) is 0 Å². The smallest absolute Gasteiger partial charge is 0.0236 e. The van der Waals surface area contributed by atoms with Crippen molar-refractivity contribution in [1.82, 2.24) is 4.90 Å². The van der Waals surface area contributed by atoms with E-state index >= 15 is 0 Å². The van der Waals surface area contributed by atoms with Gasteiger partial charge in [-0.1, -0.05) is 61.5 Å². The Bertz CT molecular complexity index is 619. The molecule has 2 aliphatic rings. The Hall–Kier alpha value is -1.60. The Morgan fingerprint density at radius 3 is 2.62 bits per heavy atom. The average molecular weight is 277 g/mol. The van der Waals surface area contributed by atoms with E-state index in [1.165, 1.54) is 24.9 Å². The molecule has 4 rings (SSSR count). The molecule has 1 aliphatic heterocycles. The Kier molecular flexibility index (Phi) is 3.31. The van der Waals surface area contributed by atoms with E-state index in [9.17, 15) is 0 Å².